The molecule has 4 heteroatoms. The number of nitrogens with zero attached hydrogens (tertiary/aromatic N) is 1. The van der Waals surface area contributed by atoms with E-state index in [2.05, 4.69) is 11.9 Å². The average molecular weight is 243 g/mol. The Hall–Kier alpha value is -0.0900. The van der Waals surface area contributed by atoms with Crippen LogP contribution in [0.4, 0.5) is 0 Å². The number of hydrogen-bond acceptors (Lipinski definition) is 3. The zero-order valence-corrected chi connectivity index (χ0v) is 10.4. The van der Waals surface area contributed by atoms with Crippen LogP contribution in [0.3, 0.4) is 0 Å². The van der Waals surface area contributed by atoms with Gasteiger partial charge in [-0.2, -0.15) is 0 Å². The molecule has 15 heavy (non-hydrogen) atoms. The Morgan fingerprint density at radius 1 is 1.53 bits per heavy atom. The summed E-state index contributed by atoms with van der Waals surface area (Å²) in [6, 6.07) is 1.33. The molecule has 0 radical (unpaired) electrons. The summed E-state index contributed by atoms with van der Waals surface area (Å²) in [4.78, 5) is 3.99. The summed E-state index contributed by atoms with van der Waals surface area (Å²) in [6.45, 7) is 0.591. The first-order chi connectivity index (χ1) is 7.22. The number of halogens is 1. The van der Waals surface area contributed by atoms with E-state index in [4.69, 9.17) is 17.3 Å². The lowest BCUT2D eigenvalue weighted by Crippen LogP contribution is -2.33. The molecule has 2 atom stereocenters. The highest BCUT2D eigenvalue weighted by Crippen LogP contribution is 2.49. The molecule has 0 saturated carbocycles. The van der Waals surface area contributed by atoms with Gasteiger partial charge in [-0.3, -0.25) is 4.90 Å². The molecule has 2 aliphatic heterocycles. The maximum absolute atomic E-state index is 6.24. The molecule has 3 rings (SSSR count). The van der Waals surface area contributed by atoms with E-state index in [-0.39, 0.29) is 0 Å². The van der Waals surface area contributed by atoms with Crippen LogP contribution in [0.25, 0.3) is 0 Å². The van der Waals surface area contributed by atoms with E-state index in [0.717, 1.165) is 16.8 Å². The summed E-state index contributed by atoms with van der Waals surface area (Å²) >= 11 is 7.99. The smallest absolute Gasteiger partial charge is 0.0979 e. The van der Waals surface area contributed by atoms with Crippen molar-refractivity contribution < 1.29 is 0 Å². The third-order valence-corrected chi connectivity index (χ3v) is 5.51. The summed E-state index contributed by atoms with van der Waals surface area (Å²) in [6.07, 6.45) is 3.76. The number of rotatable bonds is 1. The Kier molecular flexibility index (Phi) is 2.32. The van der Waals surface area contributed by atoms with Gasteiger partial charge in [0.15, 0.2) is 0 Å². The molecule has 1 aromatic heterocycles. The molecule has 2 nitrogen and oxygen atoms in total. The largest absolute Gasteiger partial charge is 0.326 e. The second kappa shape index (κ2) is 3.45. The van der Waals surface area contributed by atoms with Crippen LogP contribution in [0.1, 0.15) is 34.9 Å². The van der Waals surface area contributed by atoms with Gasteiger partial charge in [-0.25, -0.2) is 0 Å². The molecule has 1 aromatic rings. The zero-order valence-electron chi connectivity index (χ0n) is 8.79. The van der Waals surface area contributed by atoms with Crippen LogP contribution in [0.15, 0.2) is 0 Å². The zero-order chi connectivity index (χ0) is 10.6. The summed E-state index contributed by atoms with van der Waals surface area (Å²) in [5.41, 5.74) is 8.45. The molecule has 1 saturated heterocycles. The van der Waals surface area contributed by atoms with Crippen LogP contribution in [0.2, 0.25) is 4.34 Å². The van der Waals surface area contributed by atoms with Gasteiger partial charge in [0, 0.05) is 23.5 Å². The van der Waals surface area contributed by atoms with Crippen molar-refractivity contribution in [2.45, 2.75) is 37.9 Å². The topological polar surface area (TPSA) is 29.3 Å². The van der Waals surface area contributed by atoms with E-state index in [1.807, 2.05) is 0 Å². The molecule has 2 bridgehead atoms. The molecular formula is C11H15ClN2S. The van der Waals surface area contributed by atoms with Crippen molar-refractivity contribution in [3.8, 4) is 0 Å². The maximum Gasteiger partial charge on any atom is 0.0979 e. The maximum atomic E-state index is 6.24. The van der Waals surface area contributed by atoms with Gasteiger partial charge >= 0.3 is 0 Å². The highest BCUT2D eigenvalue weighted by molar-refractivity contribution is 7.16. The van der Waals surface area contributed by atoms with Crippen LogP contribution in [0.5, 0.6) is 0 Å². The van der Waals surface area contributed by atoms with Crippen LogP contribution in [-0.2, 0) is 13.0 Å². The lowest BCUT2D eigenvalue weighted by atomic mass is 9.98. The van der Waals surface area contributed by atoms with Gasteiger partial charge in [-0.05, 0) is 37.4 Å². The molecule has 3 heterocycles. The van der Waals surface area contributed by atoms with Crippen molar-refractivity contribution in [1.29, 1.82) is 0 Å². The van der Waals surface area contributed by atoms with Crippen molar-refractivity contribution in [3.63, 3.8) is 0 Å². The fraction of sp³-hybridized carbons (Fsp3) is 0.636. The molecular weight excluding hydrogens is 228 g/mol. The predicted molar refractivity (Wildman–Crippen MR) is 64.5 cm³/mol. The standard InChI is InChI=1S/C11H15ClN2S/c1-14-6-2-3-9(14)10-7(4-6)8(5-13)11(12)15-10/h6,9H,2-5,13H2,1H3. The van der Waals surface area contributed by atoms with Gasteiger partial charge in [-0.15, -0.1) is 11.3 Å². The van der Waals surface area contributed by atoms with Crippen molar-refractivity contribution in [2.24, 2.45) is 5.73 Å². The Morgan fingerprint density at radius 3 is 3.07 bits per heavy atom. The molecule has 0 amide bonds. The first-order valence-electron chi connectivity index (χ1n) is 5.44. The number of fused-ring (bicyclic) bond motifs is 4. The van der Waals surface area contributed by atoms with Gasteiger partial charge in [0.05, 0.1) is 4.34 Å². The van der Waals surface area contributed by atoms with Crippen molar-refractivity contribution in [1.82, 2.24) is 4.90 Å². The number of nitrogens with two attached hydrogens (primary N) is 1. The minimum Gasteiger partial charge on any atom is -0.326 e. The Balaban J connectivity index is 2.13. The number of hydrogen-bond donors (Lipinski definition) is 1. The second-order valence-corrected chi connectivity index (χ2v) is 6.17. The summed E-state index contributed by atoms with van der Waals surface area (Å²) in [7, 11) is 2.24. The molecule has 0 aliphatic carbocycles. The SMILES string of the molecule is CN1C2CCC1c1sc(Cl)c(CN)c1C2. The van der Waals surface area contributed by atoms with Crippen LogP contribution >= 0.6 is 22.9 Å². The lowest BCUT2D eigenvalue weighted by Gasteiger charge is -2.31. The predicted octanol–water partition coefficient (Wildman–Crippen LogP) is 2.55. The second-order valence-electron chi connectivity index (χ2n) is 4.52. The normalized spacial score (nSPS) is 29.5. The van der Waals surface area contributed by atoms with Gasteiger partial charge in [0.2, 0.25) is 0 Å². The fourth-order valence-corrected chi connectivity index (χ4v) is 4.71. The highest BCUT2D eigenvalue weighted by atomic mass is 35.5. The van der Waals surface area contributed by atoms with Crippen LogP contribution in [0, 0.1) is 0 Å². The third kappa shape index (κ3) is 1.30. The van der Waals surface area contributed by atoms with Crippen molar-refractivity contribution in [2.75, 3.05) is 7.05 Å². The summed E-state index contributed by atoms with van der Waals surface area (Å²) < 4.78 is 0.920. The molecule has 0 spiro atoms. The number of likely N-dealkylation sites (N-methyl/N-ethyl adjacent to an activating group) is 1. The summed E-state index contributed by atoms with van der Waals surface area (Å²) in [5, 5.41) is 0. The van der Waals surface area contributed by atoms with E-state index < -0.39 is 0 Å². The minimum atomic E-state index is 0.591. The van der Waals surface area contributed by atoms with E-state index >= 15 is 0 Å². The lowest BCUT2D eigenvalue weighted by molar-refractivity contribution is 0.228. The Morgan fingerprint density at radius 2 is 2.33 bits per heavy atom. The van der Waals surface area contributed by atoms with E-state index in [1.54, 1.807) is 11.3 Å². The highest BCUT2D eigenvalue weighted by Gasteiger charge is 2.40. The van der Waals surface area contributed by atoms with Crippen molar-refractivity contribution >= 4 is 22.9 Å². The van der Waals surface area contributed by atoms with Crippen LogP contribution < -0.4 is 5.73 Å². The first-order valence-corrected chi connectivity index (χ1v) is 6.63. The molecule has 82 valence electrons. The molecule has 1 fully saturated rings. The first kappa shape index (κ1) is 10.1. The van der Waals surface area contributed by atoms with Gasteiger partial charge in [0.1, 0.15) is 0 Å². The number of thiophene rings is 1. The van der Waals surface area contributed by atoms with Gasteiger partial charge in [0.25, 0.3) is 0 Å². The van der Waals surface area contributed by atoms with E-state index in [0.29, 0.717) is 12.6 Å². The van der Waals surface area contributed by atoms with Crippen molar-refractivity contribution in [3.05, 3.63) is 20.3 Å². The van der Waals surface area contributed by atoms with E-state index in [9.17, 15) is 0 Å². The Labute approximate surface area is 99.0 Å². The quantitative estimate of drug-likeness (QED) is 0.820. The Bertz CT molecular complexity index is 402. The van der Waals surface area contributed by atoms with E-state index in [1.165, 1.54) is 28.8 Å². The summed E-state index contributed by atoms with van der Waals surface area (Å²) in [5.74, 6) is 0. The average Bonchev–Trinajstić information content (AvgIpc) is 2.64. The minimum absolute atomic E-state index is 0.591. The van der Waals surface area contributed by atoms with Gasteiger partial charge < -0.3 is 5.73 Å². The molecule has 2 unspecified atom stereocenters. The molecule has 0 aromatic carbocycles. The monoisotopic (exact) mass is 242 g/mol. The molecule has 2 aliphatic rings. The van der Waals surface area contributed by atoms with Crippen LogP contribution in [-0.4, -0.2) is 18.0 Å². The van der Waals surface area contributed by atoms with Gasteiger partial charge in [-0.1, -0.05) is 11.6 Å². The third-order valence-electron chi connectivity index (χ3n) is 3.89. The molecule has 2 N–H and O–H groups in total. The fourth-order valence-electron chi connectivity index (χ4n) is 2.99.